The van der Waals surface area contributed by atoms with E-state index < -0.39 is 0 Å². The average molecular weight is 240 g/mol. The van der Waals surface area contributed by atoms with E-state index in [0.717, 1.165) is 16.7 Å². The highest BCUT2D eigenvalue weighted by Gasteiger charge is 2.12. The summed E-state index contributed by atoms with van der Waals surface area (Å²) < 4.78 is 0. The Balaban J connectivity index is 2.27. The van der Waals surface area contributed by atoms with Gasteiger partial charge in [0.2, 0.25) is 0 Å². The molecule has 0 amide bonds. The fourth-order valence-corrected chi connectivity index (χ4v) is 1.99. The van der Waals surface area contributed by atoms with Gasteiger partial charge in [0.1, 0.15) is 11.5 Å². The van der Waals surface area contributed by atoms with Crippen molar-refractivity contribution in [1.82, 2.24) is 9.97 Å². The third-order valence-electron chi connectivity index (χ3n) is 3.04. The molecule has 0 spiro atoms. The van der Waals surface area contributed by atoms with Crippen LogP contribution in [0.15, 0.2) is 30.5 Å². The van der Waals surface area contributed by atoms with E-state index in [1.54, 1.807) is 19.2 Å². The largest absolute Gasteiger partial charge is 0.292 e. The van der Waals surface area contributed by atoms with Crippen LogP contribution >= 0.6 is 0 Å². The van der Waals surface area contributed by atoms with Crippen LogP contribution in [0.25, 0.3) is 0 Å². The van der Waals surface area contributed by atoms with Gasteiger partial charge in [-0.3, -0.25) is 4.79 Å². The highest BCUT2D eigenvalue weighted by Crippen LogP contribution is 2.15. The fourth-order valence-electron chi connectivity index (χ4n) is 1.99. The molecule has 0 fully saturated rings. The summed E-state index contributed by atoms with van der Waals surface area (Å²) in [6.07, 6.45) is 2.02. The van der Waals surface area contributed by atoms with Gasteiger partial charge in [0.25, 0.3) is 0 Å². The molecule has 3 heteroatoms. The van der Waals surface area contributed by atoms with Gasteiger partial charge in [-0.1, -0.05) is 18.2 Å². The van der Waals surface area contributed by atoms with Crippen LogP contribution in [0.1, 0.15) is 33.0 Å². The predicted octanol–water partition coefficient (Wildman–Crippen LogP) is 2.83. The number of aromatic nitrogens is 2. The van der Waals surface area contributed by atoms with Gasteiger partial charge in [-0.2, -0.15) is 0 Å². The van der Waals surface area contributed by atoms with Crippen molar-refractivity contribution in [3.05, 3.63) is 58.7 Å². The van der Waals surface area contributed by atoms with Crippen LogP contribution in [0.3, 0.4) is 0 Å². The van der Waals surface area contributed by atoms with E-state index in [1.807, 2.05) is 32.0 Å². The van der Waals surface area contributed by atoms with E-state index in [0.29, 0.717) is 17.9 Å². The van der Waals surface area contributed by atoms with Crippen LogP contribution in [0.5, 0.6) is 0 Å². The molecule has 0 radical (unpaired) electrons. The highest BCUT2D eigenvalue weighted by atomic mass is 16.1. The summed E-state index contributed by atoms with van der Waals surface area (Å²) in [5.41, 5.74) is 3.88. The van der Waals surface area contributed by atoms with Crippen molar-refractivity contribution in [2.24, 2.45) is 0 Å². The Morgan fingerprint density at radius 3 is 2.39 bits per heavy atom. The van der Waals surface area contributed by atoms with E-state index in [2.05, 4.69) is 9.97 Å². The van der Waals surface area contributed by atoms with Gasteiger partial charge in [-0.05, 0) is 43.5 Å². The molecule has 0 aliphatic carbocycles. The SMILES string of the molecule is Cc1nccc(C(=O)Cc2c(C)cccc2C)n1. The number of ketones is 1. The molecule has 92 valence electrons. The van der Waals surface area contributed by atoms with E-state index in [4.69, 9.17) is 0 Å². The molecule has 1 aromatic heterocycles. The molecule has 0 atom stereocenters. The molecule has 0 bridgehead atoms. The Morgan fingerprint density at radius 1 is 1.11 bits per heavy atom. The van der Waals surface area contributed by atoms with Crippen LogP contribution in [-0.4, -0.2) is 15.8 Å². The molecule has 3 nitrogen and oxygen atoms in total. The topological polar surface area (TPSA) is 42.9 Å². The minimum atomic E-state index is 0.0397. The van der Waals surface area contributed by atoms with Crippen molar-refractivity contribution in [3.8, 4) is 0 Å². The number of Topliss-reactive ketones (excluding diaryl/α,β-unsaturated/α-hetero) is 1. The zero-order valence-electron chi connectivity index (χ0n) is 10.9. The maximum atomic E-state index is 12.2. The summed E-state index contributed by atoms with van der Waals surface area (Å²) in [6, 6.07) is 7.73. The summed E-state index contributed by atoms with van der Waals surface area (Å²) >= 11 is 0. The number of nitrogens with zero attached hydrogens (tertiary/aromatic N) is 2. The molecule has 0 saturated carbocycles. The Kier molecular flexibility index (Phi) is 3.51. The lowest BCUT2D eigenvalue weighted by atomic mass is 9.97. The first-order valence-corrected chi connectivity index (χ1v) is 5.96. The van der Waals surface area contributed by atoms with Crippen molar-refractivity contribution < 1.29 is 4.79 Å². The van der Waals surface area contributed by atoms with Gasteiger partial charge in [0.05, 0.1) is 0 Å². The third kappa shape index (κ3) is 2.62. The average Bonchev–Trinajstić information content (AvgIpc) is 2.34. The van der Waals surface area contributed by atoms with Crippen molar-refractivity contribution in [2.75, 3.05) is 0 Å². The molecule has 0 saturated heterocycles. The molecule has 0 aliphatic heterocycles. The molecule has 1 aromatic carbocycles. The number of benzene rings is 1. The van der Waals surface area contributed by atoms with Gasteiger partial charge in [-0.25, -0.2) is 9.97 Å². The molecule has 2 aromatic rings. The first-order valence-electron chi connectivity index (χ1n) is 5.96. The van der Waals surface area contributed by atoms with Crippen LogP contribution in [-0.2, 0) is 6.42 Å². The molecule has 0 unspecified atom stereocenters. The van der Waals surface area contributed by atoms with Crippen molar-refractivity contribution >= 4 is 5.78 Å². The standard InChI is InChI=1S/C15H16N2O/c1-10-5-4-6-11(2)13(10)9-15(18)14-7-8-16-12(3)17-14/h4-8H,9H2,1-3H3. The van der Waals surface area contributed by atoms with Crippen LogP contribution in [0.4, 0.5) is 0 Å². The second kappa shape index (κ2) is 5.08. The summed E-state index contributed by atoms with van der Waals surface area (Å²) in [7, 11) is 0. The Labute approximate surface area is 107 Å². The quantitative estimate of drug-likeness (QED) is 0.775. The number of hydrogen-bond acceptors (Lipinski definition) is 3. The third-order valence-corrected chi connectivity index (χ3v) is 3.04. The molecule has 0 aliphatic rings. The Morgan fingerprint density at radius 2 is 1.78 bits per heavy atom. The van der Waals surface area contributed by atoms with Gasteiger partial charge >= 0.3 is 0 Å². The van der Waals surface area contributed by atoms with E-state index in [9.17, 15) is 4.79 Å². The van der Waals surface area contributed by atoms with Crippen LogP contribution in [0.2, 0.25) is 0 Å². The van der Waals surface area contributed by atoms with Gasteiger partial charge < -0.3 is 0 Å². The normalized spacial score (nSPS) is 10.4. The van der Waals surface area contributed by atoms with Gasteiger partial charge in [-0.15, -0.1) is 0 Å². The zero-order valence-corrected chi connectivity index (χ0v) is 10.9. The molecule has 2 rings (SSSR count). The number of rotatable bonds is 3. The smallest absolute Gasteiger partial charge is 0.185 e. The number of aryl methyl sites for hydroxylation is 3. The van der Waals surface area contributed by atoms with E-state index in [-0.39, 0.29) is 5.78 Å². The van der Waals surface area contributed by atoms with E-state index in [1.165, 1.54) is 0 Å². The molecular formula is C15H16N2O. The lowest BCUT2D eigenvalue weighted by Crippen LogP contribution is -2.09. The van der Waals surface area contributed by atoms with Crippen molar-refractivity contribution in [1.29, 1.82) is 0 Å². The van der Waals surface area contributed by atoms with Gasteiger partial charge in [0, 0.05) is 12.6 Å². The van der Waals surface area contributed by atoms with Crippen molar-refractivity contribution in [2.45, 2.75) is 27.2 Å². The first-order chi connectivity index (χ1) is 8.58. The molecular weight excluding hydrogens is 224 g/mol. The lowest BCUT2D eigenvalue weighted by Gasteiger charge is -2.08. The maximum Gasteiger partial charge on any atom is 0.185 e. The molecule has 0 N–H and O–H groups in total. The summed E-state index contributed by atoms with van der Waals surface area (Å²) in [4.78, 5) is 20.3. The molecule has 1 heterocycles. The molecule has 18 heavy (non-hydrogen) atoms. The summed E-state index contributed by atoms with van der Waals surface area (Å²) in [5, 5.41) is 0. The summed E-state index contributed by atoms with van der Waals surface area (Å²) in [5.74, 6) is 0.667. The minimum Gasteiger partial charge on any atom is -0.292 e. The Bertz CT molecular complexity index is 571. The summed E-state index contributed by atoms with van der Waals surface area (Å²) in [6.45, 7) is 5.84. The maximum absolute atomic E-state index is 12.2. The Hall–Kier alpha value is -2.03. The lowest BCUT2D eigenvalue weighted by molar-refractivity contribution is 0.0987. The van der Waals surface area contributed by atoms with E-state index >= 15 is 0 Å². The second-order valence-corrected chi connectivity index (χ2v) is 4.46. The zero-order chi connectivity index (χ0) is 13.1. The number of carbonyl (C=O) groups is 1. The number of hydrogen-bond donors (Lipinski definition) is 0. The minimum absolute atomic E-state index is 0.0397. The fraction of sp³-hybridized carbons (Fsp3) is 0.267. The first kappa shape index (κ1) is 12.4. The highest BCUT2D eigenvalue weighted by molar-refractivity contribution is 5.96. The predicted molar refractivity (Wildman–Crippen MR) is 70.7 cm³/mol. The monoisotopic (exact) mass is 240 g/mol. The van der Waals surface area contributed by atoms with Crippen molar-refractivity contribution in [3.63, 3.8) is 0 Å². The second-order valence-electron chi connectivity index (χ2n) is 4.46. The van der Waals surface area contributed by atoms with Gasteiger partial charge in [0.15, 0.2) is 5.78 Å². The van der Waals surface area contributed by atoms with Crippen LogP contribution < -0.4 is 0 Å². The van der Waals surface area contributed by atoms with Crippen LogP contribution in [0, 0.1) is 20.8 Å². The number of carbonyl (C=O) groups excluding carboxylic acids is 1.